The molecule has 1 N–H and O–H groups in total. The summed E-state index contributed by atoms with van der Waals surface area (Å²) in [5.74, 6) is -0.361. The standard InChI is InChI=1S/C15H17FN4/c1-11(2)18-7-14-9-20(10-19-14)8-13-4-3-12(6-17)5-15(13)16/h3-5,9-11,18H,7-8H2,1-2H3. The summed E-state index contributed by atoms with van der Waals surface area (Å²) >= 11 is 0. The Labute approximate surface area is 117 Å². The van der Waals surface area contributed by atoms with Gasteiger partial charge in [-0.3, -0.25) is 0 Å². The summed E-state index contributed by atoms with van der Waals surface area (Å²) in [4.78, 5) is 4.27. The minimum Gasteiger partial charge on any atom is -0.333 e. The maximum Gasteiger partial charge on any atom is 0.129 e. The van der Waals surface area contributed by atoms with Crippen LogP contribution in [-0.4, -0.2) is 15.6 Å². The van der Waals surface area contributed by atoms with Gasteiger partial charge >= 0.3 is 0 Å². The number of hydrogen-bond donors (Lipinski definition) is 1. The molecule has 0 spiro atoms. The molecule has 0 unspecified atom stereocenters. The van der Waals surface area contributed by atoms with Gasteiger partial charge in [0.15, 0.2) is 0 Å². The van der Waals surface area contributed by atoms with E-state index in [1.54, 1.807) is 18.5 Å². The van der Waals surface area contributed by atoms with Crippen LogP contribution in [0.15, 0.2) is 30.7 Å². The van der Waals surface area contributed by atoms with Crippen molar-refractivity contribution in [2.24, 2.45) is 0 Å². The van der Waals surface area contributed by atoms with Crippen LogP contribution in [0.4, 0.5) is 4.39 Å². The van der Waals surface area contributed by atoms with E-state index in [0.717, 1.165) is 5.69 Å². The second-order valence-electron chi connectivity index (χ2n) is 4.99. The van der Waals surface area contributed by atoms with E-state index < -0.39 is 0 Å². The molecule has 20 heavy (non-hydrogen) atoms. The van der Waals surface area contributed by atoms with E-state index >= 15 is 0 Å². The lowest BCUT2D eigenvalue weighted by Crippen LogP contribution is -2.21. The molecule has 0 fully saturated rings. The fraction of sp³-hybridized carbons (Fsp3) is 0.333. The van der Waals surface area contributed by atoms with Crippen LogP contribution in [0, 0.1) is 17.1 Å². The maximum atomic E-state index is 13.8. The molecule has 0 aliphatic heterocycles. The molecule has 0 radical (unpaired) electrons. The van der Waals surface area contributed by atoms with E-state index in [2.05, 4.69) is 24.1 Å². The number of rotatable bonds is 5. The average molecular weight is 272 g/mol. The zero-order valence-corrected chi connectivity index (χ0v) is 11.6. The SMILES string of the molecule is CC(C)NCc1cn(Cc2ccc(C#N)cc2F)cn1. The van der Waals surface area contributed by atoms with E-state index in [1.165, 1.54) is 6.07 Å². The average Bonchev–Trinajstić information content (AvgIpc) is 2.86. The number of imidazole rings is 1. The molecule has 2 aromatic rings. The Kier molecular flexibility index (Phi) is 4.49. The first-order chi connectivity index (χ1) is 9.58. The van der Waals surface area contributed by atoms with Crippen molar-refractivity contribution >= 4 is 0 Å². The van der Waals surface area contributed by atoms with Crippen molar-refractivity contribution in [3.05, 3.63) is 53.4 Å². The lowest BCUT2D eigenvalue weighted by Gasteiger charge is -2.05. The van der Waals surface area contributed by atoms with E-state index in [0.29, 0.717) is 30.3 Å². The minimum atomic E-state index is -0.361. The fourth-order valence-corrected chi connectivity index (χ4v) is 1.83. The lowest BCUT2D eigenvalue weighted by molar-refractivity contribution is 0.581. The molecule has 4 nitrogen and oxygen atoms in total. The third kappa shape index (κ3) is 3.65. The predicted molar refractivity (Wildman–Crippen MR) is 74.4 cm³/mol. The Morgan fingerprint density at radius 1 is 1.45 bits per heavy atom. The molecule has 1 aromatic heterocycles. The van der Waals surface area contributed by atoms with E-state index in [9.17, 15) is 4.39 Å². The second-order valence-corrected chi connectivity index (χ2v) is 4.99. The number of nitrogens with one attached hydrogen (secondary N) is 1. The number of benzene rings is 1. The summed E-state index contributed by atoms with van der Waals surface area (Å²) < 4.78 is 15.6. The van der Waals surface area contributed by atoms with Gasteiger partial charge in [-0.25, -0.2) is 9.37 Å². The second kappa shape index (κ2) is 6.31. The Hall–Kier alpha value is -2.19. The van der Waals surface area contributed by atoms with Gasteiger partial charge in [-0.2, -0.15) is 5.26 Å². The number of halogens is 1. The zero-order valence-electron chi connectivity index (χ0n) is 11.6. The Morgan fingerprint density at radius 3 is 2.90 bits per heavy atom. The van der Waals surface area contributed by atoms with Gasteiger partial charge < -0.3 is 9.88 Å². The largest absolute Gasteiger partial charge is 0.333 e. The molecule has 0 saturated carbocycles. The molecule has 104 valence electrons. The molecule has 1 aromatic carbocycles. The molecule has 2 rings (SSSR count). The first kappa shape index (κ1) is 14.2. The smallest absolute Gasteiger partial charge is 0.129 e. The third-order valence-corrected chi connectivity index (χ3v) is 2.91. The van der Waals surface area contributed by atoms with Crippen molar-refractivity contribution in [1.82, 2.24) is 14.9 Å². The van der Waals surface area contributed by atoms with Crippen LogP contribution in [0.3, 0.4) is 0 Å². The third-order valence-electron chi connectivity index (χ3n) is 2.91. The summed E-state index contributed by atoms with van der Waals surface area (Å²) in [7, 11) is 0. The molecule has 0 bridgehead atoms. The summed E-state index contributed by atoms with van der Waals surface area (Å²) in [6.45, 7) is 5.25. The fourth-order valence-electron chi connectivity index (χ4n) is 1.83. The van der Waals surface area contributed by atoms with Crippen molar-refractivity contribution in [2.45, 2.75) is 33.0 Å². The highest BCUT2D eigenvalue weighted by atomic mass is 19.1. The number of aromatic nitrogens is 2. The Balaban J connectivity index is 2.05. The van der Waals surface area contributed by atoms with E-state index in [1.807, 2.05) is 16.8 Å². The van der Waals surface area contributed by atoms with Gasteiger partial charge in [-0.1, -0.05) is 19.9 Å². The van der Waals surface area contributed by atoms with Gasteiger partial charge in [0, 0.05) is 24.3 Å². The molecule has 0 atom stereocenters. The molecule has 1 heterocycles. The maximum absolute atomic E-state index is 13.8. The highest BCUT2D eigenvalue weighted by molar-refractivity contribution is 5.33. The van der Waals surface area contributed by atoms with Crippen molar-refractivity contribution in [3.63, 3.8) is 0 Å². The Bertz CT molecular complexity index is 625. The quantitative estimate of drug-likeness (QED) is 0.909. The van der Waals surface area contributed by atoms with Crippen molar-refractivity contribution < 1.29 is 4.39 Å². The molecular formula is C15H17FN4. The van der Waals surface area contributed by atoms with Crippen LogP contribution in [0.25, 0.3) is 0 Å². The summed E-state index contributed by atoms with van der Waals surface area (Å²) in [6.07, 6.45) is 3.59. The number of nitrogens with zero attached hydrogens (tertiary/aromatic N) is 3. The predicted octanol–water partition coefficient (Wildman–Crippen LogP) is 2.44. The van der Waals surface area contributed by atoms with Crippen molar-refractivity contribution in [2.75, 3.05) is 0 Å². The molecule has 0 saturated heterocycles. The highest BCUT2D eigenvalue weighted by Gasteiger charge is 2.06. The topological polar surface area (TPSA) is 53.6 Å². The molecule has 5 heteroatoms. The van der Waals surface area contributed by atoms with Crippen LogP contribution >= 0.6 is 0 Å². The van der Waals surface area contributed by atoms with Gasteiger partial charge in [-0.15, -0.1) is 0 Å². The number of hydrogen-bond acceptors (Lipinski definition) is 3. The van der Waals surface area contributed by atoms with Crippen molar-refractivity contribution in [1.29, 1.82) is 5.26 Å². The summed E-state index contributed by atoms with van der Waals surface area (Å²) in [5.41, 5.74) is 1.80. The van der Waals surface area contributed by atoms with E-state index in [4.69, 9.17) is 5.26 Å². The van der Waals surface area contributed by atoms with Crippen molar-refractivity contribution in [3.8, 4) is 6.07 Å². The minimum absolute atomic E-state index is 0.332. The van der Waals surface area contributed by atoms with Crippen LogP contribution in [0.2, 0.25) is 0 Å². The van der Waals surface area contributed by atoms with Gasteiger partial charge in [0.05, 0.1) is 30.2 Å². The number of nitriles is 1. The molecule has 0 aliphatic rings. The zero-order chi connectivity index (χ0) is 14.5. The van der Waals surface area contributed by atoms with Crippen LogP contribution in [0.1, 0.15) is 30.7 Å². The molecule has 0 aliphatic carbocycles. The van der Waals surface area contributed by atoms with Gasteiger partial charge in [0.1, 0.15) is 5.82 Å². The molecular weight excluding hydrogens is 255 g/mol. The normalized spacial score (nSPS) is 10.8. The van der Waals surface area contributed by atoms with Crippen LogP contribution < -0.4 is 5.32 Å². The summed E-state index contributed by atoms with van der Waals surface area (Å²) in [6, 6.07) is 6.84. The first-order valence-corrected chi connectivity index (χ1v) is 6.51. The van der Waals surface area contributed by atoms with Crippen LogP contribution in [-0.2, 0) is 13.1 Å². The summed E-state index contributed by atoms with van der Waals surface area (Å²) in [5, 5.41) is 12.0. The monoisotopic (exact) mass is 272 g/mol. The van der Waals surface area contributed by atoms with Gasteiger partial charge in [0.2, 0.25) is 0 Å². The van der Waals surface area contributed by atoms with E-state index in [-0.39, 0.29) is 5.82 Å². The Morgan fingerprint density at radius 2 is 2.25 bits per heavy atom. The lowest BCUT2D eigenvalue weighted by atomic mass is 10.1. The first-order valence-electron chi connectivity index (χ1n) is 6.51. The van der Waals surface area contributed by atoms with Gasteiger partial charge in [-0.05, 0) is 12.1 Å². The van der Waals surface area contributed by atoms with Crippen LogP contribution in [0.5, 0.6) is 0 Å². The van der Waals surface area contributed by atoms with Gasteiger partial charge in [0.25, 0.3) is 0 Å². The highest BCUT2D eigenvalue weighted by Crippen LogP contribution is 2.12. The molecule has 0 amide bonds.